The normalized spacial score (nSPS) is 10.8. The second-order valence-corrected chi connectivity index (χ2v) is 5.48. The zero-order valence-corrected chi connectivity index (χ0v) is 13.4. The molecule has 21 heavy (non-hydrogen) atoms. The molecule has 6 nitrogen and oxygen atoms in total. The van der Waals surface area contributed by atoms with Crippen molar-refractivity contribution in [3.63, 3.8) is 0 Å². The maximum atomic E-state index is 12.0. The van der Waals surface area contributed by atoms with Crippen molar-refractivity contribution in [1.82, 2.24) is 9.55 Å². The molecule has 0 aliphatic heterocycles. The van der Waals surface area contributed by atoms with E-state index in [0.717, 1.165) is 32.2 Å². The third-order valence-electron chi connectivity index (χ3n) is 3.68. The molecular formula is C15H28N4O2. The number of nitrogen functional groups attached to an aromatic ring is 1. The highest BCUT2D eigenvalue weighted by Crippen LogP contribution is 2.16. The first-order valence-corrected chi connectivity index (χ1v) is 7.86. The van der Waals surface area contributed by atoms with Crippen LogP contribution < -0.4 is 21.9 Å². The Bertz CT molecular complexity index is 548. The predicted molar refractivity (Wildman–Crippen MR) is 88.1 cm³/mol. The molecule has 0 aliphatic carbocycles. The third-order valence-corrected chi connectivity index (χ3v) is 3.68. The van der Waals surface area contributed by atoms with Crippen molar-refractivity contribution in [2.45, 2.75) is 58.9 Å². The molecule has 0 atom stereocenters. The van der Waals surface area contributed by atoms with Crippen LogP contribution in [-0.4, -0.2) is 23.1 Å². The van der Waals surface area contributed by atoms with Gasteiger partial charge < -0.3 is 10.6 Å². The number of anilines is 2. The van der Waals surface area contributed by atoms with Crippen LogP contribution >= 0.6 is 0 Å². The van der Waals surface area contributed by atoms with Gasteiger partial charge >= 0.3 is 5.69 Å². The van der Waals surface area contributed by atoms with Gasteiger partial charge in [-0.1, -0.05) is 39.5 Å². The minimum absolute atomic E-state index is 0.273. The Morgan fingerprint density at radius 3 is 2.38 bits per heavy atom. The first-order chi connectivity index (χ1) is 10.0. The van der Waals surface area contributed by atoms with Crippen LogP contribution in [0.5, 0.6) is 0 Å². The lowest BCUT2D eigenvalue weighted by Gasteiger charge is -2.21. The first kappa shape index (κ1) is 17.3. The fourth-order valence-electron chi connectivity index (χ4n) is 2.37. The number of hydrogen-bond donors (Lipinski definition) is 2. The molecule has 0 bridgehead atoms. The monoisotopic (exact) mass is 296 g/mol. The van der Waals surface area contributed by atoms with E-state index in [9.17, 15) is 9.59 Å². The summed E-state index contributed by atoms with van der Waals surface area (Å²) in [6.45, 7) is 5.51. The van der Waals surface area contributed by atoms with E-state index in [1.807, 2.05) is 18.9 Å². The summed E-state index contributed by atoms with van der Waals surface area (Å²) in [5, 5.41) is 0. The van der Waals surface area contributed by atoms with Crippen molar-refractivity contribution in [1.29, 1.82) is 0 Å². The highest BCUT2D eigenvalue weighted by molar-refractivity contribution is 5.61. The van der Waals surface area contributed by atoms with Gasteiger partial charge in [0.25, 0.3) is 5.56 Å². The minimum Gasteiger partial charge on any atom is -0.383 e. The van der Waals surface area contributed by atoms with Gasteiger partial charge in [0.15, 0.2) is 0 Å². The lowest BCUT2D eigenvalue weighted by Crippen LogP contribution is -2.37. The van der Waals surface area contributed by atoms with Crippen LogP contribution in [0.2, 0.25) is 0 Å². The van der Waals surface area contributed by atoms with Gasteiger partial charge in [0.05, 0.1) is 0 Å². The van der Waals surface area contributed by atoms with Crippen molar-refractivity contribution in [2.75, 3.05) is 24.2 Å². The SMILES string of the molecule is CCCCCCN(C)c1c(N)n(CCCC)c(=O)[nH]c1=O. The van der Waals surface area contributed by atoms with Crippen LogP contribution in [0.1, 0.15) is 52.4 Å². The smallest absolute Gasteiger partial charge is 0.330 e. The molecule has 0 saturated heterocycles. The quantitative estimate of drug-likeness (QED) is 0.682. The Labute approximate surface area is 126 Å². The number of nitrogens with one attached hydrogen (secondary N) is 1. The number of unbranched alkanes of at least 4 members (excludes halogenated alkanes) is 4. The molecule has 3 N–H and O–H groups in total. The molecular weight excluding hydrogens is 268 g/mol. The Kier molecular flexibility index (Phi) is 7.05. The Morgan fingerprint density at radius 1 is 1.10 bits per heavy atom. The molecule has 1 aromatic heterocycles. The van der Waals surface area contributed by atoms with Crippen LogP contribution in [0, 0.1) is 0 Å². The van der Waals surface area contributed by atoms with Gasteiger partial charge in [-0.25, -0.2) is 4.79 Å². The molecule has 0 aromatic carbocycles. The summed E-state index contributed by atoms with van der Waals surface area (Å²) < 4.78 is 1.46. The van der Waals surface area contributed by atoms with Gasteiger partial charge in [-0.2, -0.15) is 0 Å². The summed E-state index contributed by atoms with van der Waals surface area (Å²) in [5.41, 5.74) is 5.64. The van der Waals surface area contributed by atoms with Crippen LogP contribution in [-0.2, 0) is 6.54 Å². The summed E-state index contributed by atoms with van der Waals surface area (Å²) in [4.78, 5) is 28.1. The average molecular weight is 296 g/mol. The van der Waals surface area contributed by atoms with Gasteiger partial charge in [-0.3, -0.25) is 14.3 Å². The zero-order chi connectivity index (χ0) is 15.8. The second kappa shape index (κ2) is 8.54. The van der Waals surface area contributed by atoms with E-state index in [-0.39, 0.29) is 5.82 Å². The predicted octanol–water partition coefficient (Wildman–Crippen LogP) is 1.94. The summed E-state index contributed by atoms with van der Waals surface area (Å²) in [6.07, 6.45) is 6.33. The first-order valence-electron chi connectivity index (χ1n) is 7.86. The minimum atomic E-state index is -0.422. The van der Waals surface area contributed by atoms with E-state index >= 15 is 0 Å². The van der Waals surface area contributed by atoms with E-state index in [2.05, 4.69) is 11.9 Å². The van der Waals surface area contributed by atoms with Crippen LogP contribution in [0.3, 0.4) is 0 Å². The molecule has 120 valence electrons. The molecule has 0 aliphatic rings. The molecule has 1 aromatic rings. The molecule has 0 radical (unpaired) electrons. The molecule has 0 saturated carbocycles. The number of aromatic amines is 1. The Morgan fingerprint density at radius 2 is 1.76 bits per heavy atom. The molecule has 1 rings (SSSR count). The lowest BCUT2D eigenvalue weighted by atomic mass is 10.2. The second-order valence-electron chi connectivity index (χ2n) is 5.48. The molecule has 0 spiro atoms. The highest BCUT2D eigenvalue weighted by Gasteiger charge is 2.15. The summed E-state index contributed by atoms with van der Waals surface area (Å²) in [6, 6.07) is 0. The fraction of sp³-hybridized carbons (Fsp3) is 0.733. The van der Waals surface area contributed by atoms with Gasteiger partial charge in [0, 0.05) is 20.1 Å². The molecule has 0 amide bonds. The van der Waals surface area contributed by atoms with Crippen molar-refractivity contribution in [2.24, 2.45) is 0 Å². The lowest BCUT2D eigenvalue weighted by molar-refractivity contribution is 0.601. The van der Waals surface area contributed by atoms with Crippen LogP contribution in [0.4, 0.5) is 11.5 Å². The van der Waals surface area contributed by atoms with Gasteiger partial charge in [0.2, 0.25) is 0 Å². The topological polar surface area (TPSA) is 84.1 Å². The number of hydrogen-bond acceptors (Lipinski definition) is 4. The van der Waals surface area contributed by atoms with Crippen molar-refractivity contribution >= 4 is 11.5 Å². The number of rotatable bonds is 9. The summed E-state index contributed by atoms with van der Waals surface area (Å²) >= 11 is 0. The number of aromatic nitrogens is 2. The fourth-order valence-corrected chi connectivity index (χ4v) is 2.37. The van der Waals surface area contributed by atoms with Crippen molar-refractivity contribution in [3.8, 4) is 0 Å². The molecule has 1 heterocycles. The van der Waals surface area contributed by atoms with E-state index in [1.54, 1.807) is 0 Å². The average Bonchev–Trinajstić information content (AvgIpc) is 2.43. The van der Waals surface area contributed by atoms with Gasteiger partial charge in [-0.15, -0.1) is 0 Å². The standard InChI is InChI=1S/C15H28N4O2/c1-4-6-8-9-10-18(3)12-13(16)19(11-7-5-2)15(21)17-14(12)20/h4-11,16H2,1-3H3,(H,17,20,21). The van der Waals surface area contributed by atoms with E-state index in [0.29, 0.717) is 12.2 Å². The van der Waals surface area contributed by atoms with Crippen LogP contribution in [0.15, 0.2) is 9.59 Å². The third kappa shape index (κ3) is 4.65. The Hall–Kier alpha value is -1.72. The molecule has 0 unspecified atom stereocenters. The Balaban J connectivity index is 2.95. The van der Waals surface area contributed by atoms with Gasteiger partial charge in [0.1, 0.15) is 11.5 Å². The van der Waals surface area contributed by atoms with E-state index < -0.39 is 11.2 Å². The molecule has 6 heteroatoms. The zero-order valence-electron chi connectivity index (χ0n) is 13.4. The van der Waals surface area contributed by atoms with Crippen LogP contribution in [0.25, 0.3) is 0 Å². The van der Waals surface area contributed by atoms with Crippen molar-refractivity contribution in [3.05, 3.63) is 20.8 Å². The maximum absolute atomic E-state index is 12.0. The maximum Gasteiger partial charge on any atom is 0.330 e. The number of H-pyrrole nitrogens is 1. The van der Waals surface area contributed by atoms with Gasteiger partial charge in [-0.05, 0) is 12.8 Å². The summed E-state index contributed by atoms with van der Waals surface area (Å²) in [7, 11) is 1.85. The van der Waals surface area contributed by atoms with E-state index in [1.165, 1.54) is 17.4 Å². The number of nitrogens with two attached hydrogens (primary N) is 1. The van der Waals surface area contributed by atoms with Crippen molar-refractivity contribution < 1.29 is 0 Å². The largest absolute Gasteiger partial charge is 0.383 e. The van der Waals surface area contributed by atoms with E-state index in [4.69, 9.17) is 5.73 Å². The summed E-state index contributed by atoms with van der Waals surface area (Å²) in [5.74, 6) is 0.273. The highest BCUT2D eigenvalue weighted by atomic mass is 16.2. The number of nitrogens with zero attached hydrogens (tertiary/aromatic N) is 2. The molecule has 0 fully saturated rings.